The van der Waals surface area contributed by atoms with E-state index < -0.39 is 5.69 Å². The van der Waals surface area contributed by atoms with Crippen molar-refractivity contribution in [2.24, 2.45) is 0 Å². The number of carbonyl (C=O) groups excluding carboxylic acids is 1. The van der Waals surface area contributed by atoms with Gasteiger partial charge in [0.1, 0.15) is 0 Å². The lowest BCUT2D eigenvalue weighted by molar-refractivity contribution is 0.0970. The molecule has 0 aliphatic carbocycles. The number of ketones is 1. The van der Waals surface area contributed by atoms with Gasteiger partial charge in [-0.05, 0) is 13.0 Å². The van der Waals surface area contributed by atoms with Crippen molar-refractivity contribution >= 4 is 17.4 Å². The average molecular weight is 263 g/mol. The van der Waals surface area contributed by atoms with Crippen molar-refractivity contribution in [1.82, 2.24) is 9.55 Å². The number of Topliss-reactive ketones (excluding diaryl/α,β-unsaturated/α-hetero) is 1. The molecule has 0 aliphatic heterocycles. The molecule has 0 bridgehead atoms. The zero-order valence-corrected chi connectivity index (χ0v) is 10.5. The van der Waals surface area contributed by atoms with E-state index in [4.69, 9.17) is 11.6 Å². The number of aromatic nitrogens is 2. The van der Waals surface area contributed by atoms with Gasteiger partial charge in [0.25, 0.3) is 0 Å². The van der Waals surface area contributed by atoms with Crippen LogP contribution in [0.15, 0.2) is 41.5 Å². The van der Waals surface area contributed by atoms with Crippen LogP contribution in [-0.2, 0) is 6.54 Å². The number of hydrogen-bond acceptors (Lipinski definition) is 3. The first-order valence-corrected chi connectivity index (χ1v) is 5.76. The Bertz CT molecular complexity index is 649. The predicted molar refractivity (Wildman–Crippen MR) is 69.0 cm³/mol. The number of rotatable bonds is 3. The largest absolute Gasteiger partial charge is 0.348 e. The molecular weight excluding hydrogens is 252 g/mol. The van der Waals surface area contributed by atoms with Gasteiger partial charge in [0.05, 0.1) is 17.8 Å². The van der Waals surface area contributed by atoms with Gasteiger partial charge < -0.3 is 0 Å². The second-order valence-electron chi connectivity index (χ2n) is 3.98. The molecule has 0 saturated carbocycles. The summed E-state index contributed by atoms with van der Waals surface area (Å²) in [5.41, 5.74) is 1.08. The van der Waals surface area contributed by atoms with Crippen molar-refractivity contribution < 1.29 is 4.79 Å². The highest BCUT2D eigenvalue weighted by Crippen LogP contribution is 2.07. The maximum atomic E-state index is 12.0. The molecule has 2 aromatic rings. The molecule has 1 aromatic heterocycles. The lowest BCUT2D eigenvalue weighted by atomic mass is 10.1. The van der Waals surface area contributed by atoms with Gasteiger partial charge >= 0.3 is 5.69 Å². The van der Waals surface area contributed by atoms with Crippen molar-refractivity contribution in [1.29, 1.82) is 0 Å². The summed E-state index contributed by atoms with van der Waals surface area (Å²) in [6.07, 6.45) is 2.67. The van der Waals surface area contributed by atoms with Crippen LogP contribution in [0, 0.1) is 6.92 Å². The summed E-state index contributed by atoms with van der Waals surface area (Å²) >= 11 is 5.74. The molecule has 5 heteroatoms. The summed E-state index contributed by atoms with van der Waals surface area (Å²) in [6, 6.07) is 7.22. The molecule has 1 aromatic carbocycles. The molecule has 0 spiro atoms. The van der Waals surface area contributed by atoms with Crippen LogP contribution in [0.5, 0.6) is 0 Å². The van der Waals surface area contributed by atoms with Gasteiger partial charge in [0, 0.05) is 11.8 Å². The third kappa shape index (κ3) is 2.84. The van der Waals surface area contributed by atoms with E-state index in [1.54, 1.807) is 12.1 Å². The zero-order chi connectivity index (χ0) is 13.1. The van der Waals surface area contributed by atoms with Crippen molar-refractivity contribution in [2.45, 2.75) is 13.5 Å². The molecule has 0 saturated heterocycles. The molecule has 92 valence electrons. The average Bonchev–Trinajstić information content (AvgIpc) is 2.34. The van der Waals surface area contributed by atoms with E-state index in [1.807, 2.05) is 19.1 Å². The van der Waals surface area contributed by atoms with Crippen molar-refractivity contribution in [3.63, 3.8) is 0 Å². The number of nitrogens with zero attached hydrogens (tertiary/aromatic N) is 2. The first-order chi connectivity index (χ1) is 8.56. The maximum absolute atomic E-state index is 12.0. The van der Waals surface area contributed by atoms with Crippen LogP contribution in [0.2, 0.25) is 5.02 Å². The summed E-state index contributed by atoms with van der Waals surface area (Å²) in [7, 11) is 0. The maximum Gasteiger partial charge on any atom is 0.348 e. The van der Waals surface area contributed by atoms with Crippen LogP contribution in [0.3, 0.4) is 0 Å². The number of hydrogen-bond donors (Lipinski definition) is 0. The molecule has 0 atom stereocenters. The molecule has 4 nitrogen and oxygen atoms in total. The van der Waals surface area contributed by atoms with E-state index in [0.717, 1.165) is 5.56 Å². The molecule has 18 heavy (non-hydrogen) atoms. The number of aryl methyl sites for hydroxylation is 1. The van der Waals surface area contributed by atoms with Crippen LogP contribution in [0.1, 0.15) is 15.9 Å². The van der Waals surface area contributed by atoms with Gasteiger partial charge in [-0.1, -0.05) is 35.4 Å². The normalized spacial score (nSPS) is 10.3. The smallest absolute Gasteiger partial charge is 0.292 e. The highest BCUT2D eigenvalue weighted by Gasteiger charge is 2.08. The summed E-state index contributed by atoms with van der Waals surface area (Å²) in [6.45, 7) is 1.85. The van der Waals surface area contributed by atoms with Crippen LogP contribution in [0.25, 0.3) is 0 Å². The minimum Gasteiger partial charge on any atom is -0.292 e. The minimum atomic E-state index is -0.486. The summed E-state index contributed by atoms with van der Waals surface area (Å²) in [4.78, 5) is 27.0. The number of halogens is 1. The third-order valence-electron chi connectivity index (χ3n) is 2.48. The van der Waals surface area contributed by atoms with E-state index in [1.165, 1.54) is 17.0 Å². The molecular formula is C13H11ClN2O2. The molecule has 0 amide bonds. The van der Waals surface area contributed by atoms with Gasteiger partial charge in [0.2, 0.25) is 0 Å². The van der Waals surface area contributed by atoms with Gasteiger partial charge in [0.15, 0.2) is 5.78 Å². The Hall–Kier alpha value is -1.94. The highest BCUT2D eigenvalue weighted by atomic mass is 35.5. The van der Waals surface area contributed by atoms with Crippen LogP contribution >= 0.6 is 11.6 Å². The number of carbonyl (C=O) groups is 1. The topological polar surface area (TPSA) is 52.0 Å². The summed E-state index contributed by atoms with van der Waals surface area (Å²) in [5.74, 6) is -0.148. The van der Waals surface area contributed by atoms with E-state index in [2.05, 4.69) is 4.98 Å². The monoisotopic (exact) mass is 262 g/mol. The summed E-state index contributed by atoms with van der Waals surface area (Å²) in [5, 5.41) is 0.326. The SMILES string of the molecule is Cc1cccc(C(=O)Cn2cc(Cl)cnc2=O)c1. The van der Waals surface area contributed by atoms with Crippen LogP contribution in [0.4, 0.5) is 0 Å². The van der Waals surface area contributed by atoms with Crippen molar-refractivity contribution in [3.05, 3.63) is 63.3 Å². The quantitative estimate of drug-likeness (QED) is 0.796. The second-order valence-corrected chi connectivity index (χ2v) is 4.41. The van der Waals surface area contributed by atoms with E-state index in [-0.39, 0.29) is 12.3 Å². The lowest BCUT2D eigenvalue weighted by Crippen LogP contribution is -2.25. The molecule has 2 rings (SSSR count). The molecule has 0 unspecified atom stereocenters. The molecule has 0 radical (unpaired) electrons. The highest BCUT2D eigenvalue weighted by molar-refractivity contribution is 6.30. The fraction of sp³-hybridized carbons (Fsp3) is 0.154. The van der Waals surface area contributed by atoms with E-state index in [0.29, 0.717) is 10.6 Å². The molecule has 0 N–H and O–H groups in total. The van der Waals surface area contributed by atoms with Crippen LogP contribution in [-0.4, -0.2) is 15.3 Å². The first-order valence-electron chi connectivity index (χ1n) is 5.38. The Morgan fingerprint density at radius 2 is 2.22 bits per heavy atom. The fourth-order valence-corrected chi connectivity index (χ4v) is 1.77. The first kappa shape index (κ1) is 12.5. The van der Waals surface area contributed by atoms with E-state index >= 15 is 0 Å². The Balaban J connectivity index is 2.27. The summed E-state index contributed by atoms with van der Waals surface area (Å²) < 4.78 is 1.20. The molecule has 0 aliphatic rings. The van der Waals surface area contributed by atoms with Gasteiger partial charge in [-0.25, -0.2) is 9.78 Å². The van der Waals surface area contributed by atoms with Crippen molar-refractivity contribution in [3.8, 4) is 0 Å². The van der Waals surface area contributed by atoms with Crippen molar-refractivity contribution in [2.75, 3.05) is 0 Å². The van der Waals surface area contributed by atoms with Gasteiger partial charge in [-0.15, -0.1) is 0 Å². The van der Waals surface area contributed by atoms with Crippen LogP contribution < -0.4 is 5.69 Å². The Morgan fingerprint density at radius 3 is 2.94 bits per heavy atom. The van der Waals surface area contributed by atoms with E-state index in [9.17, 15) is 9.59 Å². The van der Waals surface area contributed by atoms with Gasteiger partial charge in [-0.3, -0.25) is 9.36 Å². The molecule has 0 fully saturated rings. The molecule has 1 heterocycles. The second kappa shape index (κ2) is 5.14. The standard InChI is InChI=1S/C13H11ClN2O2/c1-9-3-2-4-10(5-9)12(17)8-16-7-11(14)6-15-13(16)18/h2-7H,8H2,1H3. The zero-order valence-electron chi connectivity index (χ0n) is 9.76. The lowest BCUT2D eigenvalue weighted by Gasteiger charge is -2.05. The Labute approximate surface area is 109 Å². The Kier molecular flexibility index (Phi) is 3.58. The minimum absolute atomic E-state index is 0.0597. The predicted octanol–water partition coefficient (Wildman–Crippen LogP) is 2.09. The Morgan fingerprint density at radius 1 is 1.44 bits per heavy atom. The van der Waals surface area contributed by atoms with Gasteiger partial charge in [-0.2, -0.15) is 0 Å². The fourth-order valence-electron chi connectivity index (χ4n) is 1.61. The number of benzene rings is 1. The third-order valence-corrected chi connectivity index (χ3v) is 2.67.